The van der Waals surface area contributed by atoms with E-state index in [1.54, 1.807) is 25.3 Å². The third-order valence-electron chi connectivity index (χ3n) is 5.51. The summed E-state index contributed by atoms with van der Waals surface area (Å²) < 4.78 is 19.4. The van der Waals surface area contributed by atoms with Crippen LogP contribution in [0.1, 0.15) is 23.6 Å². The zero-order valence-electron chi connectivity index (χ0n) is 17.1. The third kappa shape index (κ3) is 4.43. The van der Waals surface area contributed by atoms with Crippen molar-refractivity contribution in [2.24, 2.45) is 5.92 Å². The summed E-state index contributed by atoms with van der Waals surface area (Å²) in [5.41, 5.74) is 2.03. The van der Waals surface area contributed by atoms with Crippen molar-refractivity contribution in [2.45, 2.75) is 12.5 Å². The number of ether oxygens (including phenoxy) is 1. The van der Waals surface area contributed by atoms with Gasteiger partial charge in [-0.3, -0.25) is 9.59 Å². The fraction of sp³-hybridized carbons (Fsp3) is 0.200. The molecule has 1 saturated heterocycles. The number of anilines is 1. The van der Waals surface area contributed by atoms with Gasteiger partial charge < -0.3 is 15.0 Å². The molecule has 1 N–H and O–H groups in total. The second-order valence-electron chi connectivity index (χ2n) is 7.48. The number of carbonyl (C=O) groups excluding carboxylic acids is 2. The van der Waals surface area contributed by atoms with Crippen molar-refractivity contribution in [3.63, 3.8) is 0 Å². The standard InChI is InChI=1S/C25H23FN2O3/c1-31-20-13-11-18(12-14-20)24(17-7-3-2-4-8-17)27-25(30)19-15-23(29)28(16-19)22-10-6-5-9-21(22)26/h2-14,19,24H,15-16H2,1H3,(H,27,30)/t19-,24-/m1/s1. The van der Waals surface area contributed by atoms with Gasteiger partial charge in [-0.1, -0.05) is 54.6 Å². The van der Waals surface area contributed by atoms with Gasteiger partial charge in [0.25, 0.3) is 0 Å². The molecule has 3 aromatic carbocycles. The lowest BCUT2D eigenvalue weighted by Gasteiger charge is -2.22. The molecule has 2 atom stereocenters. The number of methoxy groups -OCH3 is 1. The molecule has 1 heterocycles. The quantitative estimate of drug-likeness (QED) is 0.656. The van der Waals surface area contributed by atoms with E-state index in [1.165, 1.54) is 11.0 Å². The SMILES string of the molecule is COc1ccc([C@H](NC(=O)[C@@H]2CC(=O)N(c3ccccc3F)C2)c2ccccc2)cc1. The van der Waals surface area contributed by atoms with E-state index in [0.717, 1.165) is 16.9 Å². The minimum Gasteiger partial charge on any atom is -0.497 e. The van der Waals surface area contributed by atoms with Crippen LogP contribution in [0.25, 0.3) is 0 Å². The highest BCUT2D eigenvalue weighted by molar-refractivity contribution is 6.00. The Labute approximate surface area is 180 Å². The maximum absolute atomic E-state index is 14.2. The number of nitrogens with one attached hydrogen (secondary N) is 1. The molecule has 4 rings (SSSR count). The van der Waals surface area contributed by atoms with E-state index < -0.39 is 11.7 Å². The van der Waals surface area contributed by atoms with Crippen molar-refractivity contribution in [3.05, 3.63) is 95.8 Å². The zero-order valence-corrected chi connectivity index (χ0v) is 17.1. The summed E-state index contributed by atoms with van der Waals surface area (Å²) in [5, 5.41) is 3.08. The molecule has 0 saturated carbocycles. The lowest BCUT2D eigenvalue weighted by molar-refractivity contribution is -0.126. The summed E-state index contributed by atoms with van der Waals surface area (Å²) in [6, 6.07) is 22.9. The second kappa shape index (κ2) is 9.00. The number of nitrogens with zero attached hydrogens (tertiary/aromatic N) is 1. The molecule has 1 aliphatic heterocycles. The molecule has 5 nitrogen and oxygen atoms in total. The van der Waals surface area contributed by atoms with E-state index in [2.05, 4.69) is 5.32 Å². The number of hydrogen-bond donors (Lipinski definition) is 1. The lowest BCUT2D eigenvalue weighted by atomic mass is 9.97. The molecule has 3 aromatic rings. The molecule has 1 aliphatic rings. The molecule has 0 bridgehead atoms. The summed E-state index contributed by atoms with van der Waals surface area (Å²) >= 11 is 0. The average Bonchev–Trinajstić information content (AvgIpc) is 3.20. The van der Waals surface area contributed by atoms with Crippen molar-refractivity contribution >= 4 is 17.5 Å². The molecule has 31 heavy (non-hydrogen) atoms. The third-order valence-corrected chi connectivity index (χ3v) is 5.51. The van der Waals surface area contributed by atoms with Crippen LogP contribution in [0.4, 0.5) is 10.1 Å². The molecule has 0 aromatic heterocycles. The van der Waals surface area contributed by atoms with Gasteiger partial charge in [-0.15, -0.1) is 0 Å². The molecular weight excluding hydrogens is 395 g/mol. The van der Waals surface area contributed by atoms with Crippen molar-refractivity contribution in [3.8, 4) is 5.75 Å². The van der Waals surface area contributed by atoms with Crippen LogP contribution in [-0.4, -0.2) is 25.5 Å². The highest BCUT2D eigenvalue weighted by Gasteiger charge is 2.37. The van der Waals surface area contributed by atoms with Gasteiger partial charge in [-0.25, -0.2) is 4.39 Å². The Morgan fingerprint density at radius 1 is 1.00 bits per heavy atom. The number of rotatable bonds is 6. The summed E-state index contributed by atoms with van der Waals surface area (Å²) in [5.74, 6) is -0.805. The predicted molar refractivity (Wildman–Crippen MR) is 116 cm³/mol. The Morgan fingerprint density at radius 2 is 1.65 bits per heavy atom. The van der Waals surface area contributed by atoms with E-state index in [1.807, 2.05) is 54.6 Å². The van der Waals surface area contributed by atoms with Crippen LogP contribution in [0, 0.1) is 11.7 Å². The van der Waals surface area contributed by atoms with Gasteiger partial charge in [0.15, 0.2) is 0 Å². The van der Waals surface area contributed by atoms with E-state index in [0.29, 0.717) is 0 Å². The van der Waals surface area contributed by atoms with Crippen LogP contribution >= 0.6 is 0 Å². The summed E-state index contributed by atoms with van der Waals surface area (Å²) in [6.45, 7) is 0.149. The number of benzene rings is 3. The smallest absolute Gasteiger partial charge is 0.227 e. The van der Waals surface area contributed by atoms with Gasteiger partial charge in [-0.2, -0.15) is 0 Å². The predicted octanol–water partition coefficient (Wildman–Crippen LogP) is 4.09. The number of carbonyl (C=O) groups is 2. The van der Waals surface area contributed by atoms with Gasteiger partial charge >= 0.3 is 0 Å². The Balaban J connectivity index is 1.55. The normalized spacial score (nSPS) is 16.8. The molecule has 6 heteroatoms. The van der Waals surface area contributed by atoms with Gasteiger partial charge in [-0.05, 0) is 35.4 Å². The van der Waals surface area contributed by atoms with Gasteiger partial charge in [0.05, 0.1) is 24.8 Å². The van der Waals surface area contributed by atoms with Crippen molar-refractivity contribution in [2.75, 3.05) is 18.6 Å². The van der Waals surface area contributed by atoms with Crippen LogP contribution < -0.4 is 15.0 Å². The van der Waals surface area contributed by atoms with E-state index in [9.17, 15) is 14.0 Å². The molecule has 2 amide bonds. The van der Waals surface area contributed by atoms with Gasteiger partial charge in [0.1, 0.15) is 11.6 Å². The first kappa shape index (κ1) is 20.6. The topological polar surface area (TPSA) is 58.6 Å². The van der Waals surface area contributed by atoms with Crippen molar-refractivity contribution in [1.29, 1.82) is 0 Å². The van der Waals surface area contributed by atoms with Crippen LogP contribution in [0.15, 0.2) is 78.9 Å². The Bertz CT molecular complexity index is 1070. The Morgan fingerprint density at radius 3 is 2.32 bits per heavy atom. The fourth-order valence-corrected chi connectivity index (χ4v) is 3.85. The number of amides is 2. The first-order valence-electron chi connectivity index (χ1n) is 10.1. The number of halogens is 1. The van der Waals surface area contributed by atoms with E-state index >= 15 is 0 Å². The van der Waals surface area contributed by atoms with Gasteiger partial charge in [0, 0.05) is 13.0 Å². The van der Waals surface area contributed by atoms with Crippen molar-refractivity contribution in [1.82, 2.24) is 5.32 Å². The van der Waals surface area contributed by atoms with E-state index in [4.69, 9.17) is 4.74 Å². The molecule has 1 fully saturated rings. The first-order valence-corrected chi connectivity index (χ1v) is 10.1. The molecule has 0 spiro atoms. The molecule has 158 valence electrons. The second-order valence-corrected chi connectivity index (χ2v) is 7.48. The number of para-hydroxylation sites is 1. The Hall–Kier alpha value is -3.67. The van der Waals surface area contributed by atoms with Crippen LogP contribution in [0.2, 0.25) is 0 Å². The minimum atomic E-state index is -0.559. The maximum atomic E-state index is 14.2. The van der Waals surface area contributed by atoms with Crippen LogP contribution in [0.5, 0.6) is 5.75 Å². The summed E-state index contributed by atoms with van der Waals surface area (Å²) in [6.07, 6.45) is 0.0459. The van der Waals surface area contributed by atoms with Crippen LogP contribution in [0.3, 0.4) is 0 Å². The Kier molecular flexibility index (Phi) is 5.98. The van der Waals surface area contributed by atoms with E-state index in [-0.39, 0.29) is 36.5 Å². The minimum absolute atomic E-state index is 0.0459. The number of hydrogen-bond acceptors (Lipinski definition) is 3. The van der Waals surface area contributed by atoms with Crippen LogP contribution in [-0.2, 0) is 9.59 Å². The van der Waals surface area contributed by atoms with Gasteiger partial charge in [0.2, 0.25) is 11.8 Å². The summed E-state index contributed by atoms with van der Waals surface area (Å²) in [4.78, 5) is 27.0. The molecular formula is C25H23FN2O3. The summed E-state index contributed by atoms with van der Waals surface area (Å²) in [7, 11) is 1.60. The highest BCUT2D eigenvalue weighted by Crippen LogP contribution is 2.29. The fourth-order valence-electron chi connectivity index (χ4n) is 3.85. The zero-order chi connectivity index (χ0) is 21.8. The monoisotopic (exact) mass is 418 g/mol. The highest BCUT2D eigenvalue weighted by atomic mass is 19.1. The lowest BCUT2D eigenvalue weighted by Crippen LogP contribution is -2.36. The molecule has 0 aliphatic carbocycles. The largest absolute Gasteiger partial charge is 0.497 e. The average molecular weight is 418 g/mol. The first-order chi connectivity index (χ1) is 15.1. The molecule has 0 unspecified atom stereocenters. The maximum Gasteiger partial charge on any atom is 0.227 e. The van der Waals surface area contributed by atoms with Crippen molar-refractivity contribution < 1.29 is 18.7 Å². The molecule has 0 radical (unpaired) electrons.